The summed E-state index contributed by atoms with van der Waals surface area (Å²) in [4.78, 5) is 0. The molecule has 2 aromatic rings. The number of halogens is 3. The average molecular weight is 470 g/mol. The van der Waals surface area contributed by atoms with E-state index in [4.69, 9.17) is 0 Å². The molecule has 0 N–H and O–H groups in total. The Kier molecular flexibility index (Phi) is 10.9. The minimum absolute atomic E-state index is 0. The van der Waals surface area contributed by atoms with Crippen molar-refractivity contribution < 1.29 is 57.7 Å². The maximum absolute atomic E-state index is 2.37. The van der Waals surface area contributed by atoms with E-state index in [1.807, 2.05) is 0 Å². The Morgan fingerprint density at radius 3 is 1.25 bits per heavy atom. The molecule has 0 fully saturated rings. The largest absolute Gasteiger partial charge is 1.00 e. The van der Waals surface area contributed by atoms with E-state index in [1.165, 1.54) is 48.4 Å². The van der Waals surface area contributed by atoms with Crippen LogP contribution < -0.4 is 37.2 Å². The molecule has 1 aliphatic rings. The first-order chi connectivity index (χ1) is 11.8. The second-order valence-electron chi connectivity index (χ2n) is 7.71. The molecule has 0 unspecified atom stereocenters. The van der Waals surface area contributed by atoms with Crippen molar-refractivity contribution in [1.29, 1.82) is 0 Å². The van der Waals surface area contributed by atoms with Gasteiger partial charge >= 0.3 is 165 Å². The Labute approximate surface area is 200 Å². The number of allylic oxidation sites excluding steroid dienone is 4. The van der Waals surface area contributed by atoms with Gasteiger partial charge in [-0.05, 0) is 0 Å². The van der Waals surface area contributed by atoms with Gasteiger partial charge in [-0.2, -0.15) is 0 Å². The van der Waals surface area contributed by atoms with Gasteiger partial charge in [0, 0.05) is 0 Å². The van der Waals surface area contributed by atoms with Crippen LogP contribution in [0.15, 0.2) is 57.0 Å². The van der Waals surface area contributed by atoms with Gasteiger partial charge in [0.15, 0.2) is 0 Å². The quantitative estimate of drug-likeness (QED) is 0.440. The maximum Gasteiger partial charge on any atom is -1.00 e. The summed E-state index contributed by atoms with van der Waals surface area (Å²) in [5, 5.41) is 0. The molecule has 0 radical (unpaired) electrons. The van der Waals surface area contributed by atoms with Gasteiger partial charge in [-0.15, -0.1) is 0 Å². The van der Waals surface area contributed by atoms with E-state index in [2.05, 4.69) is 98.4 Å². The first kappa shape index (κ1) is 27.5. The third-order valence-corrected chi connectivity index (χ3v) is 6.23. The Morgan fingerprint density at radius 1 is 0.607 bits per heavy atom. The summed E-state index contributed by atoms with van der Waals surface area (Å²) in [6.45, 7) is 13.4. The van der Waals surface area contributed by atoms with E-state index in [9.17, 15) is 0 Å². The molecule has 0 heterocycles. The number of hydrogen-bond donors (Lipinski definition) is 0. The molecule has 0 bridgehead atoms. The smallest absolute Gasteiger partial charge is 1.00 e. The summed E-state index contributed by atoms with van der Waals surface area (Å²) in [6.07, 6.45) is 1.10. The maximum atomic E-state index is 2.37. The number of hydrogen-bond acceptors (Lipinski definition) is 0. The predicted octanol–water partition coefficient (Wildman–Crippen LogP) is -2.39. The predicted molar refractivity (Wildman–Crippen MR) is 104 cm³/mol. The first-order valence-electron chi connectivity index (χ1n) is 9.04. The van der Waals surface area contributed by atoms with Crippen LogP contribution in [0.3, 0.4) is 0 Å². The summed E-state index contributed by atoms with van der Waals surface area (Å²) in [6, 6.07) is 14.0. The third kappa shape index (κ3) is 5.77. The molecule has 0 nitrogen and oxygen atoms in total. The van der Waals surface area contributed by atoms with Crippen LogP contribution in [0.25, 0.3) is 0 Å². The molecule has 3 rings (SSSR count). The molecule has 1 aliphatic carbocycles. The molecule has 28 heavy (non-hydrogen) atoms. The van der Waals surface area contributed by atoms with Gasteiger partial charge in [-0.1, -0.05) is 0 Å². The summed E-state index contributed by atoms with van der Waals surface area (Å²) in [7, 11) is 0. The zero-order chi connectivity index (χ0) is 18.3. The van der Waals surface area contributed by atoms with Crippen molar-refractivity contribution in [2.45, 2.75) is 53.9 Å². The van der Waals surface area contributed by atoms with Crippen molar-refractivity contribution >= 4 is 0 Å². The van der Waals surface area contributed by atoms with E-state index in [0.29, 0.717) is 5.92 Å². The normalized spacial score (nSPS) is 13.3. The minimum Gasteiger partial charge on any atom is -1.00 e. The van der Waals surface area contributed by atoms with Crippen molar-refractivity contribution in [3.05, 3.63) is 90.4 Å². The van der Waals surface area contributed by atoms with Gasteiger partial charge < -0.3 is 37.2 Å². The zero-order valence-electron chi connectivity index (χ0n) is 17.4. The second kappa shape index (κ2) is 11.0. The number of benzene rings is 2. The van der Waals surface area contributed by atoms with Crippen molar-refractivity contribution in [1.82, 2.24) is 0 Å². The summed E-state index contributed by atoms with van der Waals surface area (Å²) in [5.74, 6) is 0.351. The minimum atomic E-state index is 0. The molecule has 4 heteroatoms. The molecule has 0 saturated carbocycles. The van der Waals surface area contributed by atoms with Crippen LogP contribution in [0.5, 0.6) is 0 Å². The summed E-state index contributed by atoms with van der Waals surface area (Å²) < 4.78 is 1.52. The molecule has 0 saturated heterocycles. The van der Waals surface area contributed by atoms with E-state index < -0.39 is 0 Å². The second-order valence-corrected chi connectivity index (χ2v) is 8.65. The van der Waals surface area contributed by atoms with Crippen LogP contribution >= 0.6 is 0 Å². The summed E-state index contributed by atoms with van der Waals surface area (Å²) >= 11 is 2.28. The molecule has 2 aromatic carbocycles. The van der Waals surface area contributed by atoms with Crippen LogP contribution in [0, 0.1) is 27.7 Å². The van der Waals surface area contributed by atoms with E-state index in [0.717, 1.165) is 6.42 Å². The fourth-order valence-electron chi connectivity index (χ4n) is 4.19. The Hall–Kier alpha value is -0.496. The van der Waals surface area contributed by atoms with Crippen LogP contribution in [-0.4, -0.2) is 0 Å². The summed E-state index contributed by atoms with van der Waals surface area (Å²) in [5.41, 5.74) is 12.8. The molecule has 0 aromatic heterocycles. The van der Waals surface area contributed by atoms with E-state index in [1.54, 1.807) is 5.57 Å². The van der Waals surface area contributed by atoms with Crippen LogP contribution in [0.2, 0.25) is 0 Å². The van der Waals surface area contributed by atoms with Gasteiger partial charge in [0.25, 0.3) is 0 Å². The molecular weight excluding hydrogens is 442 g/mol. The Bertz CT molecular complexity index is 818. The first-order valence-corrected chi connectivity index (χ1v) is 9.82. The zero-order valence-corrected chi connectivity index (χ0v) is 21.2. The van der Waals surface area contributed by atoms with Crippen molar-refractivity contribution in [2.75, 3.05) is 0 Å². The molecule has 0 spiro atoms. The van der Waals surface area contributed by atoms with Gasteiger partial charge in [-0.3, -0.25) is 0 Å². The van der Waals surface area contributed by atoms with Gasteiger partial charge in [0.2, 0.25) is 0 Å². The molecule has 0 atom stereocenters. The average Bonchev–Trinajstić information content (AvgIpc) is 2.73. The van der Waals surface area contributed by atoms with Gasteiger partial charge in [-0.25, -0.2) is 0 Å². The fourth-order valence-corrected chi connectivity index (χ4v) is 4.78. The van der Waals surface area contributed by atoms with E-state index >= 15 is 0 Å². The number of rotatable bonds is 3. The monoisotopic (exact) mass is 468 g/mol. The topological polar surface area (TPSA) is 0 Å². The van der Waals surface area contributed by atoms with E-state index in [-0.39, 0.29) is 37.2 Å². The van der Waals surface area contributed by atoms with Gasteiger partial charge in [0.1, 0.15) is 0 Å². The number of aryl methyl sites for hydroxylation is 4. The SMILES string of the molecule is CC1=[C]([Ti+3])CC(C(c2cc(C)cc(C)c2)c2cc(C)cc(C)c2)=C1C.[Cl-].[Cl-].[Cl-]. The molecule has 0 aliphatic heterocycles. The molecular formula is C24H27Cl3Ti. The van der Waals surface area contributed by atoms with Crippen LogP contribution in [0.1, 0.15) is 59.6 Å². The van der Waals surface area contributed by atoms with Crippen molar-refractivity contribution in [2.24, 2.45) is 0 Å². The van der Waals surface area contributed by atoms with Crippen LogP contribution in [0.4, 0.5) is 0 Å². The standard InChI is InChI=1S/C24H27.3ClH.Ti/c1-15-9-16(2)12-21(11-15)24(23-8-7-19(5)20(23)6)22-13-17(3)10-18(4)14-22;;;;/h9-14,24H,8H2,1-6H3;3*1H;/q;;;;+3/p-3. The molecule has 148 valence electrons. The Balaban J connectivity index is 0.00000243. The third-order valence-electron chi connectivity index (χ3n) is 5.37. The van der Waals surface area contributed by atoms with Crippen molar-refractivity contribution in [3.63, 3.8) is 0 Å². The van der Waals surface area contributed by atoms with Crippen LogP contribution in [-0.2, 0) is 20.4 Å². The van der Waals surface area contributed by atoms with Crippen molar-refractivity contribution in [3.8, 4) is 0 Å². The Morgan fingerprint density at radius 2 is 0.964 bits per heavy atom. The van der Waals surface area contributed by atoms with Gasteiger partial charge in [0.05, 0.1) is 0 Å². The fraction of sp³-hybridized carbons (Fsp3) is 0.333. The molecule has 0 amide bonds.